The lowest BCUT2D eigenvalue weighted by molar-refractivity contribution is -0.150. The van der Waals surface area contributed by atoms with Crippen LogP contribution in [-0.4, -0.2) is 30.6 Å². The molecule has 1 aromatic rings. The van der Waals surface area contributed by atoms with Crippen LogP contribution in [0, 0.1) is 23.2 Å². The Kier molecular flexibility index (Phi) is 4.55. The van der Waals surface area contributed by atoms with Crippen LogP contribution >= 0.6 is 0 Å². The second-order valence-corrected chi connectivity index (χ2v) is 9.41. The number of carbonyl (C=O) groups is 2. The van der Waals surface area contributed by atoms with E-state index in [0.29, 0.717) is 29.3 Å². The largest absolute Gasteiger partial charge is 0.497 e. The molecule has 3 N–H and O–H groups in total. The highest BCUT2D eigenvalue weighted by Gasteiger charge is 2.58. The van der Waals surface area contributed by atoms with E-state index in [1.54, 1.807) is 27.0 Å². The second kappa shape index (κ2) is 6.68. The van der Waals surface area contributed by atoms with Crippen molar-refractivity contribution in [1.82, 2.24) is 5.32 Å². The fourth-order valence-electron chi connectivity index (χ4n) is 5.89. The Balaban J connectivity index is 1.45. The van der Waals surface area contributed by atoms with E-state index in [-0.39, 0.29) is 23.3 Å². The predicted molar refractivity (Wildman–Crippen MR) is 105 cm³/mol. The summed E-state index contributed by atoms with van der Waals surface area (Å²) in [4.78, 5) is 25.2. The molecule has 4 fully saturated rings. The van der Waals surface area contributed by atoms with Crippen LogP contribution in [0.4, 0.5) is 0 Å². The highest BCUT2D eigenvalue weighted by atomic mass is 16.5. The number of rotatable bonds is 6. The van der Waals surface area contributed by atoms with E-state index in [2.05, 4.69) is 5.32 Å². The van der Waals surface area contributed by atoms with E-state index < -0.39 is 5.60 Å². The van der Waals surface area contributed by atoms with Gasteiger partial charge in [0.25, 0.3) is 5.91 Å². The first-order valence-corrected chi connectivity index (χ1v) is 10.2. The fraction of sp³-hybridized carbons (Fsp3) is 0.636. The minimum absolute atomic E-state index is 0.102. The molecule has 152 valence electrons. The highest BCUT2D eigenvalue weighted by molar-refractivity contribution is 5.85. The number of nitrogens with two attached hydrogens (primary N) is 1. The molecule has 0 spiro atoms. The summed E-state index contributed by atoms with van der Waals surface area (Å²) in [5.41, 5.74) is 4.41. The van der Waals surface area contributed by atoms with Crippen molar-refractivity contribution < 1.29 is 19.1 Å². The first kappa shape index (κ1) is 19.1. The maximum atomic E-state index is 13.1. The topological polar surface area (TPSA) is 90.7 Å². The molecule has 0 aromatic heterocycles. The van der Waals surface area contributed by atoms with Gasteiger partial charge in [0.15, 0.2) is 5.60 Å². The van der Waals surface area contributed by atoms with Gasteiger partial charge in [-0.15, -0.1) is 0 Å². The summed E-state index contributed by atoms with van der Waals surface area (Å²) in [6, 6.07) is 7.36. The fourth-order valence-corrected chi connectivity index (χ4v) is 5.89. The van der Waals surface area contributed by atoms with Gasteiger partial charge in [0.05, 0.1) is 7.11 Å². The normalized spacial score (nSPS) is 33.4. The van der Waals surface area contributed by atoms with Crippen molar-refractivity contribution in [2.75, 3.05) is 7.11 Å². The number of benzene rings is 1. The van der Waals surface area contributed by atoms with Gasteiger partial charge in [0.2, 0.25) is 5.91 Å². The summed E-state index contributed by atoms with van der Waals surface area (Å²) in [5.74, 6) is 2.23. The smallest absolute Gasteiger partial charge is 0.263 e. The third-order valence-corrected chi connectivity index (χ3v) is 7.05. The van der Waals surface area contributed by atoms with Gasteiger partial charge in [-0.05, 0) is 75.8 Å². The molecule has 6 nitrogen and oxygen atoms in total. The average Bonchev–Trinajstić information content (AvgIpc) is 2.63. The number of nitrogens with one attached hydrogen (secondary N) is 1. The molecular weight excluding hydrogens is 356 g/mol. The molecule has 4 aliphatic carbocycles. The van der Waals surface area contributed by atoms with E-state index in [1.165, 1.54) is 0 Å². The predicted octanol–water partition coefficient (Wildman–Crippen LogP) is 2.65. The minimum atomic E-state index is -1.01. The molecule has 1 aromatic carbocycles. The Morgan fingerprint density at radius 1 is 1.14 bits per heavy atom. The molecule has 28 heavy (non-hydrogen) atoms. The zero-order valence-corrected chi connectivity index (χ0v) is 16.9. The molecule has 0 heterocycles. The summed E-state index contributed by atoms with van der Waals surface area (Å²) in [6.07, 6.45) is 4.69. The van der Waals surface area contributed by atoms with Crippen LogP contribution in [0.1, 0.15) is 46.0 Å². The monoisotopic (exact) mass is 386 g/mol. The van der Waals surface area contributed by atoms with Gasteiger partial charge in [0.1, 0.15) is 11.5 Å². The van der Waals surface area contributed by atoms with Gasteiger partial charge in [0, 0.05) is 17.5 Å². The zero-order chi connectivity index (χ0) is 20.1. The van der Waals surface area contributed by atoms with Crippen molar-refractivity contribution in [1.29, 1.82) is 0 Å². The van der Waals surface area contributed by atoms with Gasteiger partial charge >= 0.3 is 0 Å². The van der Waals surface area contributed by atoms with Crippen LogP contribution in [-0.2, 0) is 9.59 Å². The van der Waals surface area contributed by atoms with Gasteiger partial charge < -0.3 is 20.5 Å². The molecule has 5 rings (SSSR count). The zero-order valence-electron chi connectivity index (χ0n) is 16.9. The van der Waals surface area contributed by atoms with Gasteiger partial charge in [-0.1, -0.05) is 6.07 Å². The van der Waals surface area contributed by atoms with Crippen molar-refractivity contribution in [3.05, 3.63) is 24.3 Å². The number of methoxy groups -OCH3 is 1. The van der Waals surface area contributed by atoms with Gasteiger partial charge in [-0.3, -0.25) is 9.59 Å². The van der Waals surface area contributed by atoms with Crippen molar-refractivity contribution >= 4 is 11.8 Å². The van der Waals surface area contributed by atoms with Crippen molar-refractivity contribution in [3.8, 4) is 11.5 Å². The third-order valence-electron chi connectivity index (χ3n) is 7.05. The molecule has 0 aliphatic heterocycles. The Morgan fingerprint density at radius 3 is 2.39 bits per heavy atom. The van der Waals surface area contributed by atoms with Crippen LogP contribution in [0.3, 0.4) is 0 Å². The van der Waals surface area contributed by atoms with Crippen molar-refractivity contribution in [2.45, 2.75) is 57.6 Å². The maximum absolute atomic E-state index is 13.1. The number of amides is 2. The molecule has 2 amide bonds. The summed E-state index contributed by atoms with van der Waals surface area (Å²) in [6.45, 7) is 3.56. The number of hydrogen-bond acceptors (Lipinski definition) is 4. The van der Waals surface area contributed by atoms with E-state index in [4.69, 9.17) is 15.2 Å². The van der Waals surface area contributed by atoms with Crippen LogP contribution in [0.5, 0.6) is 11.5 Å². The highest BCUT2D eigenvalue weighted by Crippen LogP contribution is 2.59. The summed E-state index contributed by atoms with van der Waals surface area (Å²) in [5, 5.41) is 3.26. The van der Waals surface area contributed by atoms with Crippen molar-refractivity contribution in [2.24, 2.45) is 28.9 Å². The molecule has 6 heteroatoms. The minimum Gasteiger partial charge on any atom is -0.497 e. The van der Waals surface area contributed by atoms with E-state index in [0.717, 1.165) is 32.1 Å². The van der Waals surface area contributed by atoms with E-state index >= 15 is 0 Å². The Bertz CT molecular complexity index is 774. The third kappa shape index (κ3) is 3.23. The average molecular weight is 386 g/mol. The second-order valence-electron chi connectivity index (χ2n) is 9.41. The van der Waals surface area contributed by atoms with Crippen LogP contribution in [0.25, 0.3) is 0 Å². The maximum Gasteiger partial charge on any atom is 0.263 e. The lowest BCUT2D eigenvalue weighted by atomic mass is 9.47. The van der Waals surface area contributed by atoms with Crippen molar-refractivity contribution in [3.63, 3.8) is 0 Å². The van der Waals surface area contributed by atoms with Crippen LogP contribution in [0.15, 0.2) is 24.3 Å². The molecule has 4 bridgehead atoms. The lowest BCUT2D eigenvalue weighted by Gasteiger charge is -2.59. The number of primary amides is 1. The molecule has 4 aliphatic rings. The molecule has 4 saturated carbocycles. The first-order chi connectivity index (χ1) is 13.2. The molecule has 0 radical (unpaired) electrons. The number of carbonyl (C=O) groups excluding carboxylic acids is 2. The number of hydrogen-bond donors (Lipinski definition) is 2. The van der Waals surface area contributed by atoms with Gasteiger partial charge in [-0.2, -0.15) is 0 Å². The quantitative estimate of drug-likeness (QED) is 0.786. The van der Waals surface area contributed by atoms with Crippen LogP contribution in [0.2, 0.25) is 0 Å². The van der Waals surface area contributed by atoms with E-state index in [9.17, 15) is 9.59 Å². The first-order valence-electron chi connectivity index (χ1n) is 10.2. The van der Waals surface area contributed by atoms with Gasteiger partial charge in [-0.25, -0.2) is 0 Å². The Labute approximate surface area is 166 Å². The van der Waals surface area contributed by atoms with Crippen LogP contribution < -0.4 is 20.5 Å². The summed E-state index contributed by atoms with van der Waals surface area (Å²) < 4.78 is 11.2. The molecule has 2 unspecified atom stereocenters. The summed E-state index contributed by atoms with van der Waals surface area (Å²) >= 11 is 0. The Morgan fingerprint density at radius 2 is 1.79 bits per heavy atom. The molecule has 2 atom stereocenters. The Hall–Kier alpha value is -2.24. The van der Waals surface area contributed by atoms with E-state index in [1.807, 2.05) is 18.2 Å². The molecular formula is C22H30N2O4. The lowest BCUT2D eigenvalue weighted by Crippen LogP contribution is -2.63. The standard InChI is InChI=1S/C22H30N2O4/c1-21(2,28-17-6-4-5-16(9-17)27-3)20(26)24-18-14-7-13-8-15(18)12-22(10-13,11-14)19(23)25/h4-6,9,13-15,18H,7-8,10-12H2,1-3H3,(H2,23,25)(H,24,26). The number of ether oxygens (including phenoxy) is 2. The SMILES string of the molecule is COc1cccc(OC(C)(C)C(=O)NC2C3CC4CC2CC(C(N)=O)(C4)C3)c1. The molecule has 0 saturated heterocycles. The summed E-state index contributed by atoms with van der Waals surface area (Å²) in [7, 11) is 1.60.